The Bertz CT molecular complexity index is 665. The van der Waals surface area contributed by atoms with Gasteiger partial charge in [-0.15, -0.1) is 0 Å². The van der Waals surface area contributed by atoms with E-state index < -0.39 is 0 Å². The number of aliphatic hydroxyl groups excluding tert-OH is 1. The maximum atomic E-state index is 10.3. The molecule has 1 aliphatic rings. The molecular formula is C16H23N5O. The van der Waals surface area contributed by atoms with E-state index in [4.69, 9.17) is 0 Å². The van der Waals surface area contributed by atoms with Gasteiger partial charge in [-0.25, -0.2) is 9.97 Å². The van der Waals surface area contributed by atoms with Gasteiger partial charge in [-0.05, 0) is 19.9 Å². The quantitative estimate of drug-likeness (QED) is 0.839. The molecule has 3 rings (SSSR count). The van der Waals surface area contributed by atoms with Crippen molar-refractivity contribution >= 4 is 16.9 Å². The molecule has 1 saturated heterocycles. The minimum atomic E-state index is -0.379. The number of allylic oxidation sites excluding steroid dienone is 1. The van der Waals surface area contributed by atoms with Crippen LogP contribution in [0.25, 0.3) is 11.0 Å². The van der Waals surface area contributed by atoms with E-state index in [1.54, 1.807) is 6.33 Å². The largest absolute Gasteiger partial charge is 0.390 e. The Morgan fingerprint density at radius 3 is 3.09 bits per heavy atom. The van der Waals surface area contributed by atoms with Crippen molar-refractivity contribution in [1.82, 2.24) is 19.9 Å². The maximum Gasteiger partial charge on any atom is 0.142 e. The lowest BCUT2D eigenvalue weighted by molar-refractivity contribution is 0.137. The fourth-order valence-electron chi connectivity index (χ4n) is 2.95. The molecule has 6 heteroatoms. The zero-order valence-corrected chi connectivity index (χ0v) is 13.2. The summed E-state index contributed by atoms with van der Waals surface area (Å²) in [6, 6.07) is 1.99. The van der Waals surface area contributed by atoms with Crippen molar-refractivity contribution < 1.29 is 5.11 Å². The summed E-state index contributed by atoms with van der Waals surface area (Å²) in [7, 11) is 0. The molecule has 1 aliphatic heterocycles. The smallest absolute Gasteiger partial charge is 0.142 e. The van der Waals surface area contributed by atoms with Crippen LogP contribution in [0.15, 0.2) is 30.2 Å². The molecule has 0 amide bonds. The zero-order valence-electron chi connectivity index (χ0n) is 13.2. The molecule has 2 aromatic heterocycles. The lowest BCUT2D eigenvalue weighted by atomic mass is 10.2. The fraction of sp³-hybridized carbons (Fsp3) is 0.500. The molecule has 0 radical (unpaired) electrons. The summed E-state index contributed by atoms with van der Waals surface area (Å²) in [6.07, 6.45) is 5.20. The number of nitrogens with one attached hydrogen (secondary N) is 1. The summed E-state index contributed by atoms with van der Waals surface area (Å²) in [4.78, 5) is 16.2. The number of hydrogen-bond donors (Lipinski definition) is 2. The number of aromatic nitrogens is 3. The van der Waals surface area contributed by atoms with Crippen LogP contribution in [-0.2, 0) is 0 Å². The molecule has 0 bridgehead atoms. The molecule has 1 fully saturated rings. The van der Waals surface area contributed by atoms with Gasteiger partial charge in [-0.1, -0.05) is 11.6 Å². The minimum absolute atomic E-state index is 0.379. The van der Waals surface area contributed by atoms with Gasteiger partial charge in [0.15, 0.2) is 0 Å². The Kier molecular flexibility index (Phi) is 4.40. The van der Waals surface area contributed by atoms with Crippen LogP contribution in [0.3, 0.4) is 0 Å². The Labute approximate surface area is 130 Å². The summed E-state index contributed by atoms with van der Waals surface area (Å²) in [6.45, 7) is 8.15. The number of β-amino-alcohol motifs (C(OH)–C–C–N with tert-alkyl or cyclic N) is 1. The molecule has 6 nitrogen and oxygen atoms in total. The summed E-state index contributed by atoms with van der Waals surface area (Å²) in [5.74, 6) is 0.898. The molecule has 118 valence electrons. The Balaban J connectivity index is 1.80. The van der Waals surface area contributed by atoms with Crippen LogP contribution < -0.4 is 4.90 Å². The molecule has 0 aromatic carbocycles. The Morgan fingerprint density at radius 1 is 1.41 bits per heavy atom. The maximum absolute atomic E-state index is 10.3. The standard InChI is InChI=1S/C16H23N5O/c1-3-12(2)8-20-6-7-21(10-13(22)9-20)16-14-4-5-17-15(14)18-11-19-16/h3-5,11,13,22H,6-10H2,1-2H3,(H,17,18,19)/b12-3+/t13-/m1/s1. The van der Waals surface area contributed by atoms with E-state index in [-0.39, 0.29) is 6.10 Å². The van der Waals surface area contributed by atoms with Crippen molar-refractivity contribution in [2.45, 2.75) is 20.0 Å². The lowest BCUT2D eigenvalue weighted by Gasteiger charge is -2.23. The monoisotopic (exact) mass is 301 g/mol. The number of fused-ring (bicyclic) bond motifs is 1. The second-order valence-corrected chi connectivity index (χ2v) is 5.91. The molecule has 0 saturated carbocycles. The highest BCUT2D eigenvalue weighted by Gasteiger charge is 2.23. The van der Waals surface area contributed by atoms with Gasteiger partial charge in [0.05, 0.1) is 11.5 Å². The number of hydrogen-bond acceptors (Lipinski definition) is 5. The summed E-state index contributed by atoms with van der Waals surface area (Å²) >= 11 is 0. The van der Waals surface area contributed by atoms with Crippen LogP contribution in [0.2, 0.25) is 0 Å². The van der Waals surface area contributed by atoms with Gasteiger partial charge in [-0.3, -0.25) is 4.90 Å². The van der Waals surface area contributed by atoms with Crippen molar-refractivity contribution in [3.8, 4) is 0 Å². The van der Waals surface area contributed by atoms with Crippen LogP contribution in [0.4, 0.5) is 5.82 Å². The van der Waals surface area contributed by atoms with Crippen molar-refractivity contribution in [3.63, 3.8) is 0 Å². The van der Waals surface area contributed by atoms with Gasteiger partial charge >= 0.3 is 0 Å². The number of H-pyrrole nitrogens is 1. The predicted molar refractivity (Wildman–Crippen MR) is 88.0 cm³/mol. The molecule has 22 heavy (non-hydrogen) atoms. The first kappa shape index (κ1) is 15.0. The Hall–Kier alpha value is -1.92. The van der Waals surface area contributed by atoms with Crippen LogP contribution >= 0.6 is 0 Å². The van der Waals surface area contributed by atoms with Crippen molar-refractivity contribution in [2.24, 2.45) is 0 Å². The van der Waals surface area contributed by atoms with Gasteiger partial charge in [-0.2, -0.15) is 0 Å². The second-order valence-electron chi connectivity index (χ2n) is 5.91. The summed E-state index contributed by atoms with van der Waals surface area (Å²) < 4.78 is 0. The first-order valence-electron chi connectivity index (χ1n) is 7.72. The van der Waals surface area contributed by atoms with Gasteiger partial charge in [0.25, 0.3) is 0 Å². The van der Waals surface area contributed by atoms with E-state index in [2.05, 4.69) is 44.7 Å². The third-order valence-corrected chi connectivity index (χ3v) is 4.18. The van der Waals surface area contributed by atoms with Gasteiger partial charge in [0.1, 0.15) is 17.8 Å². The normalized spacial score (nSPS) is 21.3. The lowest BCUT2D eigenvalue weighted by Crippen LogP contribution is -2.34. The van der Waals surface area contributed by atoms with Gasteiger partial charge in [0, 0.05) is 38.9 Å². The Morgan fingerprint density at radius 2 is 2.27 bits per heavy atom. The van der Waals surface area contributed by atoms with E-state index in [1.807, 2.05) is 12.3 Å². The molecule has 0 unspecified atom stereocenters. The molecule has 1 atom stereocenters. The summed E-state index contributed by atoms with van der Waals surface area (Å²) in [5.41, 5.74) is 2.17. The first-order valence-corrected chi connectivity index (χ1v) is 7.72. The van der Waals surface area contributed by atoms with Crippen LogP contribution in [0.5, 0.6) is 0 Å². The minimum Gasteiger partial charge on any atom is -0.390 e. The van der Waals surface area contributed by atoms with Gasteiger partial charge < -0.3 is 15.0 Å². The number of anilines is 1. The van der Waals surface area contributed by atoms with Crippen LogP contribution in [0.1, 0.15) is 13.8 Å². The van der Waals surface area contributed by atoms with E-state index in [1.165, 1.54) is 5.57 Å². The highest BCUT2D eigenvalue weighted by atomic mass is 16.3. The molecule has 0 aliphatic carbocycles. The first-order chi connectivity index (χ1) is 10.7. The average Bonchev–Trinajstić information content (AvgIpc) is 2.91. The van der Waals surface area contributed by atoms with E-state index in [0.29, 0.717) is 13.1 Å². The van der Waals surface area contributed by atoms with Crippen molar-refractivity contribution in [2.75, 3.05) is 37.6 Å². The topological polar surface area (TPSA) is 68.3 Å². The van der Waals surface area contributed by atoms with Crippen molar-refractivity contribution in [3.05, 3.63) is 30.2 Å². The number of aromatic amines is 1. The number of aliphatic hydroxyl groups is 1. The van der Waals surface area contributed by atoms with Crippen molar-refractivity contribution in [1.29, 1.82) is 0 Å². The molecule has 2 aromatic rings. The third-order valence-electron chi connectivity index (χ3n) is 4.18. The van der Waals surface area contributed by atoms with E-state index in [9.17, 15) is 5.11 Å². The van der Waals surface area contributed by atoms with Crippen LogP contribution in [-0.4, -0.2) is 63.8 Å². The third kappa shape index (κ3) is 3.13. The predicted octanol–water partition coefficient (Wildman–Crippen LogP) is 1.41. The molecular weight excluding hydrogens is 278 g/mol. The average molecular weight is 301 g/mol. The number of rotatable bonds is 3. The summed E-state index contributed by atoms with van der Waals surface area (Å²) in [5, 5.41) is 11.4. The molecule has 2 N–H and O–H groups in total. The SMILES string of the molecule is C/C=C(\C)CN1CCN(c2ncnc3[nH]ccc23)C[C@H](O)C1. The molecule has 0 spiro atoms. The second kappa shape index (κ2) is 6.46. The van der Waals surface area contributed by atoms with E-state index in [0.717, 1.165) is 36.5 Å². The van der Waals surface area contributed by atoms with E-state index >= 15 is 0 Å². The molecule has 3 heterocycles. The highest BCUT2D eigenvalue weighted by molar-refractivity contribution is 5.87. The van der Waals surface area contributed by atoms with Gasteiger partial charge in [0.2, 0.25) is 0 Å². The number of nitrogens with zero attached hydrogens (tertiary/aromatic N) is 4. The van der Waals surface area contributed by atoms with Crippen LogP contribution in [0, 0.1) is 0 Å². The zero-order chi connectivity index (χ0) is 15.5. The fourth-order valence-corrected chi connectivity index (χ4v) is 2.95. The highest BCUT2D eigenvalue weighted by Crippen LogP contribution is 2.23.